The number of piperazine rings is 1. The van der Waals surface area contributed by atoms with E-state index in [0.29, 0.717) is 12.6 Å². The molecule has 2 saturated heterocycles. The Balaban J connectivity index is 2.19. The lowest BCUT2D eigenvalue weighted by Gasteiger charge is -2.34. The summed E-state index contributed by atoms with van der Waals surface area (Å²) in [5.74, 6) is 0. The fourth-order valence-corrected chi connectivity index (χ4v) is 2.12. The van der Waals surface area contributed by atoms with Crippen molar-refractivity contribution in [3.05, 3.63) is 0 Å². The van der Waals surface area contributed by atoms with E-state index in [9.17, 15) is 0 Å². The van der Waals surface area contributed by atoms with Crippen LogP contribution in [0.25, 0.3) is 0 Å². The van der Waals surface area contributed by atoms with Crippen LogP contribution in [0.2, 0.25) is 0 Å². The molecule has 2 aliphatic rings. The molecule has 0 radical (unpaired) electrons. The molecule has 0 spiro atoms. The van der Waals surface area contributed by atoms with E-state index >= 15 is 0 Å². The third kappa shape index (κ3) is 0.654. The predicted molar refractivity (Wildman–Crippen MR) is 38.9 cm³/mol. The van der Waals surface area contributed by atoms with E-state index in [0.717, 1.165) is 19.5 Å². The van der Waals surface area contributed by atoms with Crippen LogP contribution in [0.5, 0.6) is 0 Å². The molecule has 2 atom stereocenters. The minimum atomic E-state index is 0.0880. The minimum Gasteiger partial charge on any atom is -0.394 e. The molecule has 0 aromatic rings. The summed E-state index contributed by atoms with van der Waals surface area (Å²) < 4.78 is 0. The second-order valence-electron chi connectivity index (χ2n) is 3.54. The van der Waals surface area contributed by atoms with Gasteiger partial charge in [-0.3, -0.25) is 4.90 Å². The van der Waals surface area contributed by atoms with Gasteiger partial charge < -0.3 is 10.4 Å². The summed E-state index contributed by atoms with van der Waals surface area (Å²) in [6, 6.07) is 0.636. The number of nitrogens with one attached hydrogen (secondary N) is 1. The first kappa shape index (κ1) is 6.58. The maximum atomic E-state index is 9.13. The summed E-state index contributed by atoms with van der Waals surface area (Å²) in [5.41, 5.74) is 0.0880. The van der Waals surface area contributed by atoms with Gasteiger partial charge in [0.25, 0.3) is 0 Å². The van der Waals surface area contributed by atoms with Gasteiger partial charge in [-0.05, 0) is 13.5 Å². The van der Waals surface area contributed by atoms with Crippen LogP contribution in [-0.4, -0.2) is 48.3 Å². The zero-order valence-corrected chi connectivity index (χ0v) is 6.30. The molecule has 58 valence electrons. The Morgan fingerprint density at radius 1 is 1.80 bits per heavy atom. The van der Waals surface area contributed by atoms with Crippen LogP contribution in [0.4, 0.5) is 0 Å². The van der Waals surface area contributed by atoms with Gasteiger partial charge in [0.2, 0.25) is 0 Å². The van der Waals surface area contributed by atoms with Gasteiger partial charge in [0.05, 0.1) is 12.1 Å². The Morgan fingerprint density at radius 3 is 2.90 bits per heavy atom. The molecule has 2 rings (SSSR count). The molecule has 2 aliphatic heterocycles. The average Bonchev–Trinajstić information content (AvgIpc) is 2.44. The van der Waals surface area contributed by atoms with Crippen LogP contribution in [-0.2, 0) is 0 Å². The number of aliphatic hydroxyl groups is 1. The normalized spacial score (nSPS) is 46.8. The van der Waals surface area contributed by atoms with Crippen molar-refractivity contribution in [3.8, 4) is 0 Å². The molecule has 2 N–H and O–H groups in total. The van der Waals surface area contributed by atoms with Crippen molar-refractivity contribution in [2.45, 2.75) is 18.0 Å². The van der Waals surface area contributed by atoms with Crippen molar-refractivity contribution in [1.29, 1.82) is 0 Å². The van der Waals surface area contributed by atoms with E-state index in [1.54, 1.807) is 0 Å². The van der Waals surface area contributed by atoms with E-state index < -0.39 is 0 Å². The van der Waals surface area contributed by atoms with Crippen molar-refractivity contribution in [2.75, 3.05) is 26.7 Å². The molecule has 0 amide bonds. The average molecular weight is 142 g/mol. The Labute approximate surface area is 61.0 Å². The van der Waals surface area contributed by atoms with Crippen molar-refractivity contribution in [2.24, 2.45) is 0 Å². The first-order valence-electron chi connectivity index (χ1n) is 3.82. The maximum Gasteiger partial charge on any atom is 0.0628 e. The number of likely N-dealkylation sites (tertiary alicyclic amines) is 1. The largest absolute Gasteiger partial charge is 0.394 e. The summed E-state index contributed by atoms with van der Waals surface area (Å²) in [6.45, 7) is 2.36. The predicted octanol–water partition coefficient (Wildman–Crippen LogP) is -0.975. The lowest BCUT2D eigenvalue weighted by atomic mass is 10.0. The molecule has 0 saturated carbocycles. The van der Waals surface area contributed by atoms with Crippen LogP contribution >= 0.6 is 0 Å². The van der Waals surface area contributed by atoms with Crippen LogP contribution in [0.3, 0.4) is 0 Å². The number of rotatable bonds is 1. The molecule has 3 heteroatoms. The van der Waals surface area contributed by atoms with Gasteiger partial charge in [-0.15, -0.1) is 0 Å². The zero-order valence-electron chi connectivity index (χ0n) is 6.30. The molecular formula is C7H14N2O. The zero-order chi connectivity index (χ0) is 7.19. The van der Waals surface area contributed by atoms with E-state index in [4.69, 9.17) is 5.11 Å². The van der Waals surface area contributed by atoms with E-state index in [1.165, 1.54) is 0 Å². The first-order chi connectivity index (χ1) is 4.77. The quantitative estimate of drug-likeness (QED) is 0.494. The van der Waals surface area contributed by atoms with Crippen LogP contribution in [0.1, 0.15) is 6.42 Å². The van der Waals surface area contributed by atoms with Gasteiger partial charge in [0, 0.05) is 19.1 Å². The van der Waals surface area contributed by atoms with Crippen molar-refractivity contribution < 1.29 is 5.11 Å². The monoisotopic (exact) mass is 142 g/mol. The summed E-state index contributed by atoms with van der Waals surface area (Å²) >= 11 is 0. The second kappa shape index (κ2) is 1.94. The molecule has 2 heterocycles. The number of likely N-dealkylation sites (N-methyl/N-ethyl adjacent to an activating group) is 1. The molecule has 3 nitrogen and oxygen atoms in total. The molecule has 2 bridgehead atoms. The fraction of sp³-hybridized carbons (Fsp3) is 1.00. The summed E-state index contributed by atoms with van der Waals surface area (Å²) in [7, 11) is 2.09. The van der Waals surface area contributed by atoms with Crippen LogP contribution < -0.4 is 5.32 Å². The van der Waals surface area contributed by atoms with Gasteiger partial charge in [0.15, 0.2) is 0 Å². The summed E-state index contributed by atoms with van der Waals surface area (Å²) in [5, 5.41) is 12.5. The van der Waals surface area contributed by atoms with E-state index in [-0.39, 0.29) is 5.54 Å². The van der Waals surface area contributed by atoms with Crippen molar-refractivity contribution >= 4 is 0 Å². The van der Waals surface area contributed by atoms with Crippen LogP contribution in [0.15, 0.2) is 0 Å². The number of nitrogens with zero attached hydrogens (tertiary/aromatic N) is 1. The summed E-state index contributed by atoms with van der Waals surface area (Å²) in [4.78, 5) is 2.27. The smallest absolute Gasteiger partial charge is 0.0628 e. The van der Waals surface area contributed by atoms with Gasteiger partial charge in [-0.2, -0.15) is 0 Å². The second-order valence-corrected chi connectivity index (χ2v) is 3.54. The van der Waals surface area contributed by atoms with E-state index in [1.807, 2.05) is 0 Å². The standard InChI is InChI=1S/C7H14N2O/c1-9-3-6-2-7(9,5-10)4-8-6/h6,8,10H,2-5H2,1H3. The van der Waals surface area contributed by atoms with Gasteiger partial charge in [-0.1, -0.05) is 0 Å². The maximum absolute atomic E-state index is 9.13. The van der Waals surface area contributed by atoms with E-state index in [2.05, 4.69) is 17.3 Å². The molecule has 0 aromatic carbocycles. The molecule has 10 heavy (non-hydrogen) atoms. The Hall–Kier alpha value is -0.120. The van der Waals surface area contributed by atoms with Crippen LogP contribution in [0, 0.1) is 0 Å². The topological polar surface area (TPSA) is 35.5 Å². The highest BCUT2D eigenvalue weighted by Crippen LogP contribution is 2.32. The Bertz CT molecular complexity index is 151. The highest BCUT2D eigenvalue weighted by atomic mass is 16.3. The third-order valence-electron chi connectivity index (χ3n) is 2.94. The molecular weight excluding hydrogens is 128 g/mol. The summed E-state index contributed by atoms with van der Waals surface area (Å²) in [6.07, 6.45) is 1.12. The third-order valence-corrected chi connectivity index (χ3v) is 2.94. The lowest BCUT2D eigenvalue weighted by molar-refractivity contribution is 0.0841. The Kier molecular flexibility index (Phi) is 1.27. The highest BCUT2D eigenvalue weighted by molar-refractivity contribution is 5.08. The molecule has 0 aromatic heterocycles. The number of hydrogen-bond donors (Lipinski definition) is 2. The number of hydrogen-bond acceptors (Lipinski definition) is 3. The number of aliphatic hydroxyl groups excluding tert-OH is 1. The molecule has 2 fully saturated rings. The minimum absolute atomic E-state index is 0.0880. The van der Waals surface area contributed by atoms with Gasteiger partial charge in [-0.25, -0.2) is 0 Å². The highest BCUT2D eigenvalue weighted by Gasteiger charge is 2.48. The lowest BCUT2D eigenvalue weighted by Crippen LogP contribution is -2.52. The fourth-order valence-electron chi connectivity index (χ4n) is 2.12. The van der Waals surface area contributed by atoms with Crippen molar-refractivity contribution in [1.82, 2.24) is 10.2 Å². The molecule has 0 aliphatic carbocycles. The van der Waals surface area contributed by atoms with Gasteiger partial charge in [0.1, 0.15) is 0 Å². The SMILES string of the molecule is CN1CC2CC1(CO)CN2. The van der Waals surface area contributed by atoms with Crippen molar-refractivity contribution in [3.63, 3.8) is 0 Å². The van der Waals surface area contributed by atoms with Gasteiger partial charge >= 0.3 is 0 Å². The number of fused-ring (bicyclic) bond motifs is 2. The first-order valence-corrected chi connectivity index (χ1v) is 3.82. The molecule has 2 unspecified atom stereocenters. The Morgan fingerprint density at radius 2 is 2.60 bits per heavy atom.